The lowest BCUT2D eigenvalue weighted by atomic mass is 9.90. The Morgan fingerprint density at radius 2 is 2.03 bits per heavy atom. The first kappa shape index (κ1) is 20.8. The number of hydrogen-bond donors (Lipinski definition) is 3. The molecule has 0 bridgehead atoms. The van der Waals surface area contributed by atoms with Crippen molar-refractivity contribution in [1.29, 1.82) is 0 Å². The number of aromatic nitrogens is 1. The van der Waals surface area contributed by atoms with Gasteiger partial charge < -0.3 is 15.5 Å². The van der Waals surface area contributed by atoms with Gasteiger partial charge in [0.2, 0.25) is 0 Å². The lowest BCUT2D eigenvalue weighted by molar-refractivity contribution is -0.124. The summed E-state index contributed by atoms with van der Waals surface area (Å²) in [5, 5.41) is 7.80. The van der Waals surface area contributed by atoms with Crippen molar-refractivity contribution in [2.45, 2.75) is 31.8 Å². The van der Waals surface area contributed by atoms with E-state index in [1.54, 1.807) is 17.0 Å². The number of benzene rings is 1. The number of pyridine rings is 1. The van der Waals surface area contributed by atoms with Crippen molar-refractivity contribution in [1.82, 2.24) is 20.5 Å². The van der Waals surface area contributed by atoms with Crippen molar-refractivity contribution < 1.29 is 18.8 Å². The van der Waals surface area contributed by atoms with Crippen LogP contribution in [0.25, 0.3) is 0 Å². The minimum Gasteiger partial charge on any atom is -0.365 e. The highest BCUT2D eigenvalue weighted by molar-refractivity contribution is 6.07. The molecule has 0 spiro atoms. The number of urea groups is 1. The maximum Gasteiger partial charge on any atom is 0.322 e. The maximum atomic E-state index is 13.7. The molecule has 2 saturated heterocycles. The van der Waals surface area contributed by atoms with Crippen LogP contribution in [0.3, 0.4) is 0 Å². The van der Waals surface area contributed by atoms with Gasteiger partial charge in [-0.3, -0.25) is 14.9 Å². The molecule has 1 aromatic carbocycles. The van der Waals surface area contributed by atoms with Gasteiger partial charge in [0.1, 0.15) is 12.5 Å². The van der Waals surface area contributed by atoms with Crippen LogP contribution in [0.4, 0.5) is 15.0 Å². The van der Waals surface area contributed by atoms with Crippen LogP contribution in [0, 0.1) is 13.8 Å². The second-order valence-corrected chi connectivity index (χ2v) is 8.08. The van der Waals surface area contributed by atoms with Crippen molar-refractivity contribution in [3.05, 3.63) is 58.8 Å². The Hall–Kier alpha value is -3.49. The molecule has 3 N–H and O–H groups in total. The molecule has 4 rings (SSSR count). The molecule has 0 unspecified atom stereocenters. The van der Waals surface area contributed by atoms with Gasteiger partial charge in [0.15, 0.2) is 5.54 Å². The van der Waals surface area contributed by atoms with E-state index in [-0.39, 0.29) is 17.5 Å². The molecule has 4 amide bonds. The van der Waals surface area contributed by atoms with E-state index in [9.17, 15) is 18.8 Å². The number of amides is 4. The fourth-order valence-corrected chi connectivity index (χ4v) is 4.07. The van der Waals surface area contributed by atoms with Gasteiger partial charge in [-0.1, -0.05) is 18.2 Å². The number of carbonyl (C=O) groups is 3. The first-order chi connectivity index (χ1) is 14.8. The monoisotopic (exact) mass is 425 g/mol. The fourth-order valence-electron chi connectivity index (χ4n) is 4.07. The minimum atomic E-state index is -1.75. The predicted octanol–water partition coefficient (Wildman–Crippen LogP) is 2.03. The molecule has 3 heterocycles. The summed E-state index contributed by atoms with van der Waals surface area (Å²) in [6.45, 7) is 4.06. The van der Waals surface area contributed by atoms with Crippen LogP contribution in [0.2, 0.25) is 0 Å². The van der Waals surface area contributed by atoms with E-state index in [4.69, 9.17) is 0 Å². The zero-order valence-electron chi connectivity index (χ0n) is 17.4. The SMILES string of the molecule is Cc1cnc(N[C@H]2CCN(C(=O)c3ccc([C@@]4(CF)NC(=O)NC4=O)cc3)C2)c(C)c1. The largest absolute Gasteiger partial charge is 0.365 e. The van der Waals surface area contributed by atoms with E-state index in [1.165, 1.54) is 12.1 Å². The van der Waals surface area contributed by atoms with Crippen molar-refractivity contribution >= 4 is 23.7 Å². The molecule has 2 atom stereocenters. The number of alkyl halides is 1. The lowest BCUT2D eigenvalue weighted by Crippen LogP contribution is -2.45. The van der Waals surface area contributed by atoms with E-state index in [0.717, 1.165) is 23.4 Å². The van der Waals surface area contributed by atoms with Crippen LogP contribution < -0.4 is 16.0 Å². The quantitative estimate of drug-likeness (QED) is 0.636. The Bertz CT molecular complexity index is 1040. The second-order valence-electron chi connectivity index (χ2n) is 8.08. The van der Waals surface area contributed by atoms with Crippen molar-refractivity contribution in [2.75, 3.05) is 25.1 Å². The summed E-state index contributed by atoms with van der Waals surface area (Å²) in [6.07, 6.45) is 2.61. The van der Waals surface area contributed by atoms with Crippen LogP contribution in [0.5, 0.6) is 0 Å². The van der Waals surface area contributed by atoms with Crippen LogP contribution >= 0.6 is 0 Å². The van der Waals surface area contributed by atoms with Gasteiger partial charge in [0, 0.05) is 30.9 Å². The molecule has 0 radical (unpaired) electrons. The average molecular weight is 425 g/mol. The highest BCUT2D eigenvalue weighted by Crippen LogP contribution is 2.27. The van der Waals surface area contributed by atoms with Crippen LogP contribution in [0.15, 0.2) is 36.5 Å². The smallest absolute Gasteiger partial charge is 0.322 e. The molecule has 31 heavy (non-hydrogen) atoms. The summed E-state index contributed by atoms with van der Waals surface area (Å²) in [4.78, 5) is 42.6. The molecular formula is C22H24FN5O3. The number of nitrogens with zero attached hydrogens (tertiary/aromatic N) is 2. The third kappa shape index (κ3) is 3.83. The Morgan fingerprint density at radius 3 is 2.65 bits per heavy atom. The van der Waals surface area contributed by atoms with Crippen LogP contribution in [-0.2, 0) is 10.3 Å². The van der Waals surface area contributed by atoms with Gasteiger partial charge in [-0.2, -0.15) is 0 Å². The number of carbonyl (C=O) groups excluding carboxylic acids is 3. The van der Waals surface area contributed by atoms with Gasteiger partial charge in [-0.05, 0) is 49.1 Å². The number of imide groups is 1. The van der Waals surface area contributed by atoms with Gasteiger partial charge in [-0.15, -0.1) is 0 Å². The van der Waals surface area contributed by atoms with Gasteiger partial charge in [-0.25, -0.2) is 14.2 Å². The van der Waals surface area contributed by atoms with Crippen LogP contribution in [0.1, 0.15) is 33.5 Å². The highest BCUT2D eigenvalue weighted by Gasteiger charge is 2.48. The molecule has 0 aliphatic carbocycles. The number of nitrogens with one attached hydrogen (secondary N) is 3. The molecule has 8 nitrogen and oxygen atoms in total. The van der Waals surface area contributed by atoms with E-state index in [0.29, 0.717) is 18.7 Å². The number of rotatable bonds is 5. The zero-order valence-corrected chi connectivity index (χ0v) is 17.4. The number of aryl methyl sites for hydroxylation is 2. The van der Waals surface area contributed by atoms with Crippen molar-refractivity contribution in [3.8, 4) is 0 Å². The summed E-state index contributed by atoms with van der Waals surface area (Å²) < 4.78 is 13.7. The Kier molecular flexibility index (Phi) is 5.34. The number of hydrogen-bond acceptors (Lipinski definition) is 5. The molecule has 1 aromatic heterocycles. The Balaban J connectivity index is 1.43. The first-order valence-electron chi connectivity index (χ1n) is 10.1. The lowest BCUT2D eigenvalue weighted by Gasteiger charge is -2.23. The van der Waals surface area contributed by atoms with Gasteiger partial charge in [0.25, 0.3) is 11.8 Å². The molecule has 2 aromatic rings. The number of likely N-dealkylation sites (tertiary alicyclic amines) is 1. The number of halogens is 1. The summed E-state index contributed by atoms with van der Waals surface area (Å²) >= 11 is 0. The summed E-state index contributed by atoms with van der Waals surface area (Å²) in [5.41, 5.74) is 1.13. The normalized spacial score (nSPS) is 22.9. The van der Waals surface area contributed by atoms with Crippen molar-refractivity contribution in [2.24, 2.45) is 0 Å². The highest BCUT2D eigenvalue weighted by atomic mass is 19.1. The third-order valence-corrected chi connectivity index (χ3v) is 5.80. The molecule has 2 aliphatic heterocycles. The van der Waals surface area contributed by atoms with E-state index >= 15 is 0 Å². The fraction of sp³-hybridized carbons (Fsp3) is 0.364. The third-order valence-electron chi connectivity index (χ3n) is 5.80. The summed E-state index contributed by atoms with van der Waals surface area (Å²) in [7, 11) is 0. The van der Waals surface area contributed by atoms with Crippen molar-refractivity contribution in [3.63, 3.8) is 0 Å². The van der Waals surface area contributed by atoms with Gasteiger partial charge >= 0.3 is 6.03 Å². The van der Waals surface area contributed by atoms with Gasteiger partial charge in [0.05, 0.1) is 0 Å². The maximum absolute atomic E-state index is 13.7. The summed E-state index contributed by atoms with van der Waals surface area (Å²) in [5.74, 6) is -0.0613. The predicted molar refractivity (Wildman–Crippen MR) is 112 cm³/mol. The second kappa shape index (κ2) is 7.98. The summed E-state index contributed by atoms with van der Waals surface area (Å²) in [6, 6.07) is 7.54. The zero-order chi connectivity index (χ0) is 22.2. The van der Waals surface area contributed by atoms with E-state index < -0.39 is 24.2 Å². The topological polar surface area (TPSA) is 103 Å². The molecule has 2 aliphatic rings. The minimum absolute atomic E-state index is 0.101. The van der Waals surface area contributed by atoms with E-state index in [1.807, 2.05) is 20.0 Å². The molecule has 9 heteroatoms. The molecule has 162 valence electrons. The molecule has 0 saturated carbocycles. The average Bonchev–Trinajstić information content (AvgIpc) is 3.33. The molecular weight excluding hydrogens is 401 g/mol. The standard InChI is InChI=1S/C22H24FN5O3/c1-13-9-14(2)18(24-10-13)25-17-7-8-28(11-17)19(29)15-3-5-16(6-4-15)22(12-23)20(30)26-21(31)27-22/h3-6,9-10,17H,7-8,11-12H2,1-2H3,(H,24,25)(H2,26,27,30,31)/t17-,22+/m0/s1. The number of anilines is 1. The molecule has 2 fully saturated rings. The van der Waals surface area contributed by atoms with Crippen LogP contribution in [-0.4, -0.2) is 53.5 Å². The van der Waals surface area contributed by atoms with E-state index in [2.05, 4.69) is 27.0 Å². The Morgan fingerprint density at radius 1 is 1.29 bits per heavy atom. The first-order valence-corrected chi connectivity index (χ1v) is 10.1. The Labute approximate surface area is 179 Å².